The van der Waals surface area contributed by atoms with Crippen LogP contribution in [0.3, 0.4) is 0 Å². The molecule has 0 atom stereocenters. The third kappa shape index (κ3) is 3.53. The molecule has 0 saturated heterocycles. The Kier molecular flexibility index (Phi) is 4.66. The lowest BCUT2D eigenvalue weighted by Gasteiger charge is -2.11. The number of pyridine rings is 1. The van der Waals surface area contributed by atoms with Gasteiger partial charge in [-0.25, -0.2) is 0 Å². The van der Waals surface area contributed by atoms with Crippen molar-refractivity contribution in [3.05, 3.63) is 69.3 Å². The van der Waals surface area contributed by atoms with Gasteiger partial charge < -0.3 is 9.88 Å². The van der Waals surface area contributed by atoms with Gasteiger partial charge in [0.1, 0.15) is 11.4 Å². The van der Waals surface area contributed by atoms with Crippen LogP contribution in [0.25, 0.3) is 0 Å². The Morgan fingerprint density at radius 2 is 1.92 bits per heavy atom. The van der Waals surface area contributed by atoms with Crippen molar-refractivity contribution in [1.82, 2.24) is 24.3 Å². The highest BCUT2D eigenvalue weighted by atomic mass is 16.2. The topological polar surface area (TPSA) is 94.7 Å². The molecular formula is C18H20N6O2. The number of nitrogens with zero attached hydrogens (tertiary/aromatic N) is 5. The fourth-order valence-corrected chi connectivity index (χ4v) is 2.65. The second-order valence-electron chi connectivity index (χ2n) is 6.20. The number of aromatic nitrogens is 5. The van der Waals surface area contributed by atoms with Crippen molar-refractivity contribution in [2.24, 2.45) is 7.05 Å². The van der Waals surface area contributed by atoms with Crippen LogP contribution in [-0.4, -0.2) is 30.2 Å². The molecule has 0 aromatic carbocycles. The van der Waals surface area contributed by atoms with E-state index in [1.807, 2.05) is 13.8 Å². The first-order valence-electron chi connectivity index (χ1n) is 8.14. The van der Waals surface area contributed by atoms with Crippen LogP contribution in [0.1, 0.15) is 33.0 Å². The summed E-state index contributed by atoms with van der Waals surface area (Å²) >= 11 is 0. The summed E-state index contributed by atoms with van der Waals surface area (Å²) in [4.78, 5) is 33.9. The predicted octanol–water partition coefficient (Wildman–Crippen LogP) is 1.60. The van der Waals surface area contributed by atoms with E-state index in [4.69, 9.17) is 0 Å². The van der Waals surface area contributed by atoms with E-state index in [9.17, 15) is 9.59 Å². The second-order valence-corrected chi connectivity index (χ2v) is 6.20. The number of hydrogen-bond donors (Lipinski definition) is 1. The fourth-order valence-electron chi connectivity index (χ4n) is 2.65. The Balaban J connectivity index is 1.91. The van der Waals surface area contributed by atoms with Crippen molar-refractivity contribution in [1.29, 1.82) is 0 Å². The average molecular weight is 352 g/mol. The van der Waals surface area contributed by atoms with Crippen LogP contribution in [0.15, 0.2) is 35.5 Å². The molecule has 3 aromatic rings. The molecule has 134 valence electrons. The van der Waals surface area contributed by atoms with E-state index in [2.05, 4.69) is 20.4 Å². The minimum Gasteiger partial charge on any atom is -0.309 e. The summed E-state index contributed by atoms with van der Waals surface area (Å²) in [7, 11) is 1.73. The Hall–Kier alpha value is -3.29. The molecule has 0 fully saturated rings. The highest BCUT2D eigenvalue weighted by Crippen LogP contribution is 2.11. The van der Waals surface area contributed by atoms with Gasteiger partial charge in [0.05, 0.1) is 29.8 Å². The number of nitrogens with one attached hydrogen (secondary N) is 1. The van der Waals surface area contributed by atoms with Crippen LogP contribution in [0.2, 0.25) is 0 Å². The summed E-state index contributed by atoms with van der Waals surface area (Å²) in [6.45, 7) is 5.66. The summed E-state index contributed by atoms with van der Waals surface area (Å²) in [6, 6.07) is 3.49. The van der Waals surface area contributed by atoms with Gasteiger partial charge >= 0.3 is 0 Å². The number of amides is 1. The van der Waals surface area contributed by atoms with E-state index < -0.39 is 5.91 Å². The molecule has 3 rings (SSSR count). The highest BCUT2D eigenvalue weighted by molar-refractivity contribution is 6.04. The van der Waals surface area contributed by atoms with Gasteiger partial charge in [-0.05, 0) is 32.4 Å². The molecule has 1 amide bonds. The molecule has 0 aliphatic carbocycles. The lowest BCUT2D eigenvalue weighted by atomic mass is 10.1. The van der Waals surface area contributed by atoms with E-state index in [1.54, 1.807) is 49.4 Å². The maximum Gasteiger partial charge on any atom is 0.264 e. The van der Waals surface area contributed by atoms with Gasteiger partial charge in [-0.15, -0.1) is 0 Å². The third-order valence-corrected chi connectivity index (χ3v) is 4.01. The zero-order valence-electron chi connectivity index (χ0n) is 15.1. The quantitative estimate of drug-likeness (QED) is 0.769. The van der Waals surface area contributed by atoms with Crippen LogP contribution in [-0.2, 0) is 13.6 Å². The zero-order valence-corrected chi connectivity index (χ0v) is 15.1. The first kappa shape index (κ1) is 17.5. The summed E-state index contributed by atoms with van der Waals surface area (Å²) in [5, 5.41) is 6.93. The van der Waals surface area contributed by atoms with Crippen molar-refractivity contribution in [3.63, 3.8) is 0 Å². The molecule has 0 spiro atoms. The SMILES string of the molecule is Cc1cnc(Cn2ccc(C)c(C(=O)Nc3cc(C)nn3C)c2=O)cn1. The number of aryl methyl sites for hydroxylation is 4. The van der Waals surface area contributed by atoms with Crippen molar-refractivity contribution in [2.75, 3.05) is 5.32 Å². The van der Waals surface area contributed by atoms with Crippen LogP contribution in [0.5, 0.6) is 0 Å². The molecule has 3 heterocycles. The second kappa shape index (κ2) is 6.91. The number of anilines is 1. The number of carbonyl (C=O) groups is 1. The summed E-state index contributed by atoms with van der Waals surface area (Å²) < 4.78 is 3.02. The minimum atomic E-state index is -0.458. The third-order valence-electron chi connectivity index (χ3n) is 4.01. The van der Waals surface area contributed by atoms with E-state index >= 15 is 0 Å². The van der Waals surface area contributed by atoms with Crippen molar-refractivity contribution in [3.8, 4) is 0 Å². The van der Waals surface area contributed by atoms with Crippen LogP contribution < -0.4 is 10.9 Å². The van der Waals surface area contributed by atoms with E-state index in [-0.39, 0.29) is 17.7 Å². The maximum atomic E-state index is 12.8. The molecule has 3 aromatic heterocycles. The van der Waals surface area contributed by atoms with Gasteiger partial charge in [-0.1, -0.05) is 0 Å². The zero-order chi connectivity index (χ0) is 18.8. The maximum absolute atomic E-state index is 12.8. The van der Waals surface area contributed by atoms with Gasteiger partial charge in [0.25, 0.3) is 11.5 Å². The molecule has 8 heteroatoms. The Morgan fingerprint density at radius 1 is 1.15 bits per heavy atom. The molecule has 0 aliphatic heterocycles. The first-order valence-corrected chi connectivity index (χ1v) is 8.14. The van der Waals surface area contributed by atoms with E-state index in [1.165, 1.54) is 4.57 Å². The summed E-state index contributed by atoms with van der Waals surface area (Å²) in [6.07, 6.45) is 4.93. The van der Waals surface area contributed by atoms with Gasteiger partial charge in [-0.3, -0.25) is 24.2 Å². The minimum absolute atomic E-state index is 0.103. The fraction of sp³-hybridized carbons (Fsp3) is 0.278. The number of rotatable bonds is 4. The molecule has 1 N–H and O–H groups in total. The molecule has 0 unspecified atom stereocenters. The normalized spacial score (nSPS) is 10.8. The monoisotopic (exact) mass is 352 g/mol. The predicted molar refractivity (Wildman–Crippen MR) is 97.2 cm³/mol. The number of carbonyl (C=O) groups excluding carboxylic acids is 1. The van der Waals surface area contributed by atoms with E-state index in [0.717, 1.165) is 11.4 Å². The first-order chi connectivity index (χ1) is 12.3. The standard InChI is InChI=1S/C18H20N6O2/c1-11-5-6-24(10-14-9-19-13(3)8-20-14)18(26)16(11)17(25)21-15-7-12(2)22-23(15)4/h5-9H,10H2,1-4H3,(H,21,25). The Bertz CT molecular complexity index is 1020. The molecule has 0 radical (unpaired) electrons. The average Bonchev–Trinajstić information content (AvgIpc) is 2.89. The molecular weight excluding hydrogens is 332 g/mol. The lowest BCUT2D eigenvalue weighted by molar-refractivity contribution is 0.102. The van der Waals surface area contributed by atoms with Gasteiger partial charge in [-0.2, -0.15) is 5.10 Å². The molecule has 8 nitrogen and oxygen atoms in total. The van der Waals surface area contributed by atoms with Gasteiger partial charge in [0.15, 0.2) is 0 Å². The summed E-state index contributed by atoms with van der Waals surface area (Å²) in [5.74, 6) is 0.0749. The molecule has 0 bridgehead atoms. The smallest absolute Gasteiger partial charge is 0.264 e. The van der Waals surface area contributed by atoms with Gasteiger partial charge in [0.2, 0.25) is 0 Å². The van der Waals surface area contributed by atoms with Crippen LogP contribution in [0, 0.1) is 20.8 Å². The number of hydrogen-bond acceptors (Lipinski definition) is 5. The van der Waals surface area contributed by atoms with Crippen LogP contribution >= 0.6 is 0 Å². The van der Waals surface area contributed by atoms with Gasteiger partial charge in [0, 0.05) is 25.5 Å². The largest absolute Gasteiger partial charge is 0.309 e. The van der Waals surface area contributed by atoms with Crippen molar-refractivity contribution in [2.45, 2.75) is 27.3 Å². The molecule has 26 heavy (non-hydrogen) atoms. The summed E-state index contributed by atoms with van der Waals surface area (Å²) in [5.41, 5.74) is 2.57. The van der Waals surface area contributed by atoms with Crippen molar-refractivity contribution >= 4 is 11.7 Å². The highest BCUT2D eigenvalue weighted by Gasteiger charge is 2.17. The van der Waals surface area contributed by atoms with E-state index in [0.29, 0.717) is 17.1 Å². The Morgan fingerprint density at radius 3 is 2.54 bits per heavy atom. The molecule has 0 aliphatic rings. The van der Waals surface area contributed by atoms with Crippen LogP contribution in [0.4, 0.5) is 5.82 Å². The lowest BCUT2D eigenvalue weighted by Crippen LogP contribution is -2.31. The molecule has 0 saturated carbocycles. The van der Waals surface area contributed by atoms with Crippen molar-refractivity contribution < 1.29 is 4.79 Å². The Labute approximate surface area is 150 Å².